The van der Waals surface area contributed by atoms with Crippen LogP contribution in [0.1, 0.15) is 24.7 Å². The summed E-state index contributed by atoms with van der Waals surface area (Å²) in [4.78, 5) is 0.339. The zero-order valence-electron chi connectivity index (χ0n) is 13.4. The van der Waals surface area contributed by atoms with Crippen LogP contribution < -0.4 is 0 Å². The van der Waals surface area contributed by atoms with E-state index in [2.05, 4.69) is 10.2 Å². The number of nitrogens with zero attached hydrogens (tertiary/aromatic N) is 3. The SMILES string of the molecule is O=S(=O)(c1ccccc1)N1CCC(c2nnc(-c3ccsc3)o2)CC1. The van der Waals surface area contributed by atoms with E-state index in [-0.39, 0.29) is 5.92 Å². The number of sulfonamides is 1. The molecule has 1 aliphatic rings. The predicted octanol–water partition coefficient (Wildman–Crippen LogP) is 3.37. The van der Waals surface area contributed by atoms with Crippen LogP contribution in [0.4, 0.5) is 0 Å². The molecular formula is C17H17N3O3S2. The normalized spacial score (nSPS) is 17.0. The average molecular weight is 375 g/mol. The minimum atomic E-state index is -3.43. The predicted molar refractivity (Wildman–Crippen MR) is 94.8 cm³/mol. The van der Waals surface area contributed by atoms with Crippen molar-refractivity contribution in [2.45, 2.75) is 23.7 Å². The van der Waals surface area contributed by atoms with Gasteiger partial charge >= 0.3 is 0 Å². The molecule has 0 unspecified atom stereocenters. The lowest BCUT2D eigenvalue weighted by atomic mass is 9.98. The van der Waals surface area contributed by atoms with Gasteiger partial charge in [0.15, 0.2) is 0 Å². The first-order chi connectivity index (χ1) is 12.1. The number of aromatic nitrogens is 2. The van der Waals surface area contributed by atoms with Gasteiger partial charge in [0.2, 0.25) is 21.8 Å². The van der Waals surface area contributed by atoms with Gasteiger partial charge < -0.3 is 4.42 Å². The molecule has 130 valence electrons. The zero-order chi connectivity index (χ0) is 17.3. The Bertz CT molecular complexity index is 929. The second-order valence-corrected chi connectivity index (χ2v) is 8.67. The summed E-state index contributed by atoms with van der Waals surface area (Å²) in [7, 11) is -3.43. The summed E-state index contributed by atoms with van der Waals surface area (Å²) in [6.07, 6.45) is 1.36. The van der Waals surface area contributed by atoms with E-state index in [0.717, 1.165) is 5.56 Å². The Morgan fingerprint density at radius 3 is 2.52 bits per heavy atom. The first kappa shape index (κ1) is 16.4. The third-order valence-corrected chi connectivity index (χ3v) is 6.99. The van der Waals surface area contributed by atoms with E-state index < -0.39 is 10.0 Å². The molecule has 8 heteroatoms. The van der Waals surface area contributed by atoms with Crippen LogP contribution in [0.3, 0.4) is 0 Å². The second kappa shape index (κ2) is 6.70. The maximum atomic E-state index is 12.7. The fourth-order valence-electron chi connectivity index (χ4n) is 2.99. The summed E-state index contributed by atoms with van der Waals surface area (Å²) in [6.45, 7) is 0.913. The van der Waals surface area contributed by atoms with E-state index in [4.69, 9.17) is 4.42 Å². The van der Waals surface area contributed by atoms with Gasteiger partial charge in [0.05, 0.1) is 4.90 Å². The van der Waals surface area contributed by atoms with Gasteiger partial charge in [-0.25, -0.2) is 8.42 Å². The van der Waals surface area contributed by atoms with Gasteiger partial charge in [0.1, 0.15) is 0 Å². The molecule has 2 aromatic heterocycles. The molecule has 4 rings (SSSR count). The van der Waals surface area contributed by atoms with Crippen molar-refractivity contribution in [1.82, 2.24) is 14.5 Å². The maximum absolute atomic E-state index is 12.7. The molecule has 0 radical (unpaired) electrons. The molecular weight excluding hydrogens is 358 g/mol. The smallest absolute Gasteiger partial charge is 0.248 e. The summed E-state index contributed by atoms with van der Waals surface area (Å²) < 4.78 is 32.7. The Labute approximate surface area is 150 Å². The molecule has 0 aliphatic carbocycles. The van der Waals surface area contributed by atoms with E-state index in [1.54, 1.807) is 35.6 Å². The van der Waals surface area contributed by atoms with Crippen molar-refractivity contribution in [2.75, 3.05) is 13.1 Å². The topological polar surface area (TPSA) is 76.3 Å². The zero-order valence-corrected chi connectivity index (χ0v) is 15.0. The molecule has 6 nitrogen and oxygen atoms in total. The molecule has 3 aromatic rings. The molecule has 25 heavy (non-hydrogen) atoms. The van der Waals surface area contributed by atoms with Gasteiger partial charge in [-0.3, -0.25) is 0 Å². The van der Waals surface area contributed by atoms with Gasteiger partial charge in [-0.1, -0.05) is 18.2 Å². The fraction of sp³-hybridized carbons (Fsp3) is 0.294. The highest BCUT2D eigenvalue weighted by Crippen LogP contribution is 2.31. The highest BCUT2D eigenvalue weighted by molar-refractivity contribution is 7.89. The van der Waals surface area contributed by atoms with E-state index in [1.807, 2.05) is 22.9 Å². The van der Waals surface area contributed by atoms with E-state index in [1.165, 1.54) is 4.31 Å². The molecule has 0 saturated carbocycles. The van der Waals surface area contributed by atoms with Crippen molar-refractivity contribution >= 4 is 21.4 Å². The first-order valence-corrected chi connectivity index (χ1v) is 10.4. The van der Waals surface area contributed by atoms with Gasteiger partial charge in [-0.05, 0) is 36.4 Å². The fourth-order valence-corrected chi connectivity index (χ4v) is 5.11. The standard InChI is InChI=1S/C17H17N3O3S2/c21-25(22,15-4-2-1-3-5-15)20-9-6-13(7-10-20)16-18-19-17(23-16)14-8-11-24-12-14/h1-5,8,11-13H,6-7,9-10H2. The Morgan fingerprint density at radius 1 is 1.08 bits per heavy atom. The van der Waals surface area contributed by atoms with Crippen LogP contribution in [0, 0.1) is 0 Å². The highest BCUT2D eigenvalue weighted by Gasteiger charge is 2.32. The minimum Gasteiger partial charge on any atom is -0.420 e. The molecule has 1 fully saturated rings. The Morgan fingerprint density at radius 2 is 1.84 bits per heavy atom. The monoisotopic (exact) mass is 375 g/mol. The Balaban J connectivity index is 1.45. The number of rotatable bonds is 4. The number of benzene rings is 1. The summed E-state index contributed by atoms with van der Waals surface area (Å²) >= 11 is 1.58. The lowest BCUT2D eigenvalue weighted by molar-refractivity contribution is 0.291. The average Bonchev–Trinajstić information content (AvgIpc) is 3.34. The third kappa shape index (κ3) is 3.24. The number of hydrogen-bond acceptors (Lipinski definition) is 6. The third-order valence-electron chi connectivity index (χ3n) is 4.39. The molecule has 0 N–H and O–H groups in total. The van der Waals surface area contributed by atoms with Gasteiger partial charge in [-0.15, -0.1) is 10.2 Å². The largest absolute Gasteiger partial charge is 0.420 e. The van der Waals surface area contributed by atoms with Crippen molar-refractivity contribution in [1.29, 1.82) is 0 Å². The van der Waals surface area contributed by atoms with Crippen LogP contribution in [0.15, 0.2) is 56.5 Å². The number of piperidine rings is 1. The first-order valence-electron chi connectivity index (χ1n) is 8.06. The summed E-state index contributed by atoms with van der Waals surface area (Å²) in [5, 5.41) is 12.2. The molecule has 3 heterocycles. The van der Waals surface area contributed by atoms with Crippen LogP contribution in [-0.4, -0.2) is 36.0 Å². The maximum Gasteiger partial charge on any atom is 0.248 e. The molecule has 1 aromatic carbocycles. The molecule has 0 atom stereocenters. The van der Waals surface area contributed by atoms with Crippen LogP contribution in [0.5, 0.6) is 0 Å². The minimum absolute atomic E-state index is 0.0992. The number of thiophene rings is 1. The van der Waals surface area contributed by atoms with E-state index in [0.29, 0.717) is 42.6 Å². The molecule has 0 bridgehead atoms. The van der Waals surface area contributed by atoms with Crippen molar-refractivity contribution in [3.05, 3.63) is 53.0 Å². The highest BCUT2D eigenvalue weighted by atomic mass is 32.2. The quantitative estimate of drug-likeness (QED) is 0.699. The summed E-state index contributed by atoms with van der Waals surface area (Å²) in [6, 6.07) is 10.5. The van der Waals surface area contributed by atoms with Gasteiger partial charge in [0, 0.05) is 30.0 Å². The Hall–Kier alpha value is -2.03. The van der Waals surface area contributed by atoms with Crippen LogP contribution in [0.2, 0.25) is 0 Å². The lowest BCUT2D eigenvalue weighted by Gasteiger charge is -2.29. The van der Waals surface area contributed by atoms with Crippen molar-refractivity contribution in [2.24, 2.45) is 0 Å². The van der Waals surface area contributed by atoms with Crippen LogP contribution in [-0.2, 0) is 10.0 Å². The Kier molecular flexibility index (Phi) is 4.41. The molecule has 0 amide bonds. The van der Waals surface area contributed by atoms with Crippen LogP contribution >= 0.6 is 11.3 Å². The lowest BCUT2D eigenvalue weighted by Crippen LogP contribution is -2.37. The van der Waals surface area contributed by atoms with Gasteiger partial charge in [0.25, 0.3) is 0 Å². The van der Waals surface area contributed by atoms with Crippen molar-refractivity contribution in [3.8, 4) is 11.5 Å². The molecule has 1 saturated heterocycles. The second-order valence-electron chi connectivity index (χ2n) is 5.95. The van der Waals surface area contributed by atoms with E-state index in [9.17, 15) is 8.42 Å². The number of hydrogen-bond donors (Lipinski definition) is 0. The summed E-state index contributed by atoms with van der Waals surface area (Å²) in [5.74, 6) is 1.22. The van der Waals surface area contributed by atoms with E-state index >= 15 is 0 Å². The van der Waals surface area contributed by atoms with Crippen molar-refractivity contribution in [3.63, 3.8) is 0 Å². The molecule has 0 spiro atoms. The van der Waals surface area contributed by atoms with Gasteiger partial charge in [-0.2, -0.15) is 15.6 Å². The van der Waals surface area contributed by atoms with Crippen molar-refractivity contribution < 1.29 is 12.8 Å². The summed E-state index contributed by atoms with van der Waals surface area (Å²) in [5.41, 5.74) is 0.924. The molecule has 1 aliphatic heterocycles. The van der Waals surface area contributed by atoms with Crippen LogP contribution in [0.25, 0.3) is 11.5 Å².